The molecule has 0 saturated carbocycles. The molecular formula is C5H9N3O. The van der Waals surface area contributed by atoms with Gasteiger partial charge in [-0.05, 0) is 19.1 Å². The zero-order valence-corrected chi connectivity index (χ0v) is 4.98. The van der Waals surface area contributed by atoms with Crippen molar-refractivity contribution >= 4 is 17.8 Å². The van der Waals surface area contributed by atoms with Crippen molar-refractivity contribution in [1.29, 1.82) is 10.8 Å². The van der Waals surface area contributed by atoms with Crippen molar-refractivity contribution in [2.24, 2.45) is 5.73 Å². The number of primary amides is 1. The first-order valence-corrected chi connectivity index (χ1v) is 2.54. The highest BCUT2D eigenvalue weighted by Gasteiger charge is 2.00. The van der Waals surface area contributed by atoms with Gasteiger partial charge in [-0.2, -0.15) is 0 Å². The average Bonchev–Trinajstić information content (AvgIpc) is 1.82. The van der Waals surface area contributed by atoms with Crippen LogP contribution in [0.25, 0.3) is 0 Å². The van der Waals surface area contributed by atoms with E-state index >= 15 is 0 Å². The number of amides is 1. The SMILES string of the molecule is N=CCCC(=N)C(N)=O. The molecule has 0 atom stereocenters. The summed E-state index contributed by atoms with van der Waals surface area (Å²) in [5, 5.41) is 13.4. The van der Waals surface area contributed by atoms with Crippen LogP contribution < -0.4 is 5.73 Å². The number of nitrogens with two attached hydrogens (primary N) is 1. The third-order valence-corrected chi connectivity index (χ3v) is 0.836. The second kappa shape index (κ2) is 3.77. The lowest BCUT2D eigenvalue weighted by Crippen LogP contribution is -2.21. The van der Waals surface area contributed by atoms with Gasteiger partial charge in [0.05, 0.1) is 5.71 Å². The quantitative estimate of drug-likeness (QED) is 0.453. The fraction of sp³-hybridized carbons (Fsp3) is 0.400. The Morgan fingerprint density at radius 1 is 1.67 bits per heavy atom. The summed E-state index contributed by atoms with van der Waals surface area (Å²) in [4.78, 5) is 10.1. The van der Waals surface area contributed by atoms with Gasteiger partial charge in [-0.25, -0.2) is 0 Å². The van der Waals surface area contributed by atoms with E-state index in [0.29, 0.717) is 6.42 Å². The molecule has 0 aliphatic carbocycles. The number of rotatable bonds is 4. The van der Waals surface area contributed by atoms with E-state index in [2.05, 4.69) is 0 Å². The molecule has 1 amide bonds. The fourth-order valence-electron chi connectivity index (χ4n) is 0.340. The fourth-order valence-corrected chi connectivity index (χ4v) is 0.340. The van der Waals surface area contributed by atoms with Crippen LogP contribution in [0.4, 0.5) is 0 Å². The normalized spacial score (nSPS) is 8.44. The van der Waals surface area contributed by atoms with Crippen LogP contribution in [0.1, 0.15) is 12.8 Å². The highest BCUT2D eigenvalue weighted by atomic mass is 16.1. The molecule has 0 rings (SSSR count). The number of carbonyl (C=O) groups is 1. The van der Waals surface area contributed by atoms with E-state index in [1.807, 2.05) is 0 Å². The molecule has 0 aliphatic heterocycles. The van der Waals surface area contributed by atoms with E-state index in [4.69, 9.17) is 16.6 Å². The van der Waals surface area contributed by atoms with Gasteiger partial charge >= 0.3 is 0 Å². The molecule has 0 aromatic heterocycles. The topological polar surface area (TPSA) is 90.8 Å². The summed E-state index contributed by atoms with van der Waals surface area (Å²) in [6.07, 6.45) is 1.85. The van der Waals surface area contributed by atoms with Crippen LogP contribution >= 0.6 is 0 Å². The lowest BCUT2D eigenvalue weighted by Gasteiger charge is -1.91. The second-order valence-corrected chi connectivity index (χ2v) is 1.59. The van der Waals surface area contributed by atoms with Crippen molar-refractivity contribution in [3.05, 3.63) is 0 Å². The predicted molar refractivity (Wildman–Crippen MR) is 34.9 cm³/mol. The lowest BCUT2D eigenvalue weighted by atomic mass is 10.2. The maximum absolute atomic E-state index is 10.1. The Kier molecular flexibility index (Phi) is 3.27. The van der Waals surface area contributed by atoms with Gasteiger partial charge in [0.15, 0.2) is 0 Å². The predicted octanol–water partition coefficient (Wildman–Crippen LogP) is -0.0788. The minimum atomic E-state index is -0.697. The van der Waals surface area contributed by atoms with Crippen LogP contribution in [0.15, 0.2) is 0 Å². The second-order valence-electron chi connectivity index (χ2n) is 1.59. The molecule has 4 N–H and O–H groups in total. The van der Waals surface area contributed by atoms with Gasteiger partial charge in [0.2, 0.25) is 0 Å². The van der Waals surface area contributed by atoms with Crippen LogP contribution in [-0.4, -0.2) is 17.8 Å². The maximum Gasteiger partial charge on any atom is 0.262 e. The summed E-state index contributed by atoms with van der Waals surface area (Å²) in [6.45, 7) is 0. The summed E-state index contributed by atoms with van der Waals surface area (Å²) >= 11 is 0. The smallest absolute Gasteiger partial charge is 0.262 e. The van der Waals surface area contributed by atoms with Gasteiger partial charge in [-0.15, -0.1) is 0 Å². The van der Waals surface area contributed by atoms with Crippen molar-refractivity contribution < 1.29 is 4.79 Å². The van der Waals surface area contributed by atoms with Crippen molar-refractivity contribution in [2.45, 2.75) is 12.8 Å². The molecule has 0 aliphatic rings. The van der Waals surface area contributed by atoms with E-state index in [-0.39, 0.29) is 12.1 Å². The maximum atomic E-state index is 10.1. The van der Waals surface area contributed by atoms with Crippen molar-refractivity contribution in [2.75, 3.05) is 0 Å². The zero-order valence-electron chi connectivity index (χ0n) is 4.98. The van der Waals surface area contributed by atoms with Crippen molar-refractivity contribution in [1.82, 2.24) is 0 Å². The Balaban J connectivity index is 3.51. The van der Waals surface area contributed by atoms with Gasteiger partial charge in [0.1, 0.15) is 0 Å². The Labute approximate surface area is 53.1 Å². The van der Waals surface area contributed by atoms with E-state index in [1.54, 1.807) is 0 Å². The first-order chi connectivity index (χ1) is 4.18. The van der Waals surface area contributed by atoms with Gasteiger partial charge in [-0.3, -0.25) is 10.2 Å². The molecule has 4 nitrogen and oxygen atoms in total. The highest BCUT2D eigenvalue weighted by Crippen LogP contribution is 1.85. The van der Waals surface area contributed by atoms with Gasteiger partial charge in [0, 0.05) is 0 Å². The highest BCUT2D eigenvalue weighted by molar-refractivity contribution is 6.37. The van der Waals surface area contributed by atoms with Crippen molar-refractivity contribution in [3.63, 3.8) is 0 Å². The lowest BCUT2D eigenvalue weighted by molar-refractivity contribution is -0.112. The molecule has 0 saturated heterocycles. The molecular weight excluding hydrogens is 118 g/mol. The molecule has 4 heteroatoms. The molecule has 0 fully saturated rings. The molecule has 0 heterocycles. The molecule has 50 valence electrons. The van der Waals surface area contributed by atoms with Crippen molar-refractivity contribution in [3.8, 4) is 0 Å². The first kappa shape index (κ1) is 7.81. The molecule has 9 heavy (non-hydrogen) atoms. The third-order valence-electron chi connectivity index (χ3n) is 0.836. The standard InChI is InChI=1S/C5H9N3O/c6-3-1-2-4(7)5(8)9/h3,6-7H,1-2H2,(H2,8,9). The van der Waals surface area contributed by atoms with Gasteiger partial charge in [-0.1, -0.05) is 0 Å². The molecule has 0 aromatic carbocycles. The summed E-state index contributed by atoms with van der Waals surface area (Å²) in [5.41, 5.74) is 4.63. The van der Waals surface area contributed by atoms with Crippen LogP contribution in [-0.2, 0) is 4.79 Å². The van der Waals surface area contributed by atoms with E-state index in [1.165, 1.54) is 0 Å². The summed E-state index contributed by atoms with van der Waals surface area (Å²) in [7, 11) is 0. The third kappa shape index (κ3) is 3.40. The number of carbonyl (C=O) groups excluding carboxylic acids is 1. The van der Waals surface area contributed by atoms with Crippen LogP contribution in [0.2, 0.25) is 0 Å². The largest absolute Gasteiger partial charge is 0.365 e. The van der Waals surface area contributed by atoms with Crippen LogP contribution in [0.3, 0.4) is 0 Å². The summed E-state index contributed by atoms with van der Waals surface area (Å²) < 4.78 is 0. The monoisotopic (exact) mass is 127 g/mol. The van der Waals surface area contributed by atoms with Gasteiger partial charge < -0.3 is 11.1 Å². The molecule has 0 aromatic rings. The summed E-state index contributed by atoms with van der Waals surface area (Å²) in [6, 6.07) is 0. The van der Waals surface area contributed by atoms with Crippen LogP contribution in [0.5, 0.6) is 0 Å². The average molecular weight is 127 g/mol. The molecule has 0 radical (unpaired) electrons. The minimum absolute atomic E-state index is 0.112. The zero-order chi connectivity index (χ0) is 7.28. The van der Waals surface area contributed by atoms with E-state index in [9.17, 15) is 4.79 Å². The number of nitrogens with one attached hydrogen (secondary N) is 2. The molecule has 0 unspecified atom stereocenters. The van der Waals surface area contributed by atoms with Gasteiger partial charge in [0.25, 0.3) is 5.91 Å². The molecule has 0 bridgehead atoms. The number of hydrogen-bond donors (Lipinski definition) is 3. The Morgan fingerprint density at radius 3 is 2.56 bits per heavy atom. The van der Waals surface area contributed by atoms with E-state index < -0.39 is 5.91 Å². The Hall–Kier alpha value is -1.19. The number of hydrogen-bond acceptors (Lipinski definition) is 3. The van der Waals surface area contributed by atoms with Crippen LogP contribution in [0, 0.1) is 10.8 Å². The summed E-state index contributed by atoms with van der Waals surface area (Å²) in [5.74, 6) is -0.697. The van der Waals surface area contributed by atoms with E-state index in [0.717, 1.165) is 6.21 Å². The minimum Gasteiger partial charge on any atom is -0.365 e. The molecule has 0 spiro atoms. The first-order valence-electron chi connectivity index (χ1n) is 2.54. The Bertz CT molecular complexity index is 141. The Morgan fingerprint density at radius 2 is 2.22 bits per heavy atom.